The van der Waals surface area contributed by atoms with Crippen molar-refractivity contribution >= 4 is 17.7 Å². The number of carbonyl (C=O) groups is 3. The highest BCUT2D eigenvalue weighted by atomic mass is 16.5. The summed E-state index contributed by atoms with van der Waals surface area (Å²) in [6.07, 6.45) is 8.74. The summed E-state index contributed by atoms with van der Waals surface area (Å²) in [7, 11) is 2.18. The smallest absolute Gasteiger partial charge is 0.309 e. The third kappa shape index (κ3) is 6.08. The Labute approximate surface area is 308 Å². The number of β-amino-alcohol motifs (C(OH)–C–C–N with tert-alkyl or cyclic N) is 1. The molecule has 4 saturated carbocycles. The second kappa shape index (κ2) is 13.2. The Balaban J connectivity index is 1.28. The number of carbonyl (C=O) groups excluding carboxylic acids is 2. The normalized spacial score (nSPS) is 40.9. The van der Waals surface area contributed by atoms with Crippen molar-refractivity contribution in [1.29, 1.82) is 0 Å². The van der Waals surface area contributed by atoms with Crippen LogP contribution in [0.4, 0.5) is 0 Å². The number of hydrogen-bond donors (Lipinski definition) is 2. The van der Waals surface area contributed by atoms with Crippen LogP contribution in [0.15, 0.2) is 11.1 Å². The van der Waals surface area contributed by atoms with Gasteiger partial charge in [0.2, 0.25) is 0 Å². The maximum Gasteiger partial charge on any atom is 0.309 e. The Morgan fingerprint density at radius 2 is 1.61 bits per heavy atom. The molecule has 9 atom stereocenters. The number of nitrogens with zero attached hydrogens (tertiary/aromatic N) is 2. The van der Waals surface area contributed by atoms with Crippen LogP contribution in [0.1, 0.15) is 133 Å². The van der Waals surface area contributed by atoms with Gasteiger partial charge in [-0.05, 0) is 137 Å². The molecule has 0 bridgehead atoms. The number of ether oxygens (including phenoxy) is 1. The molecule has 288 valence electrons. The monoisotopic (exact) mass is 711 g/mol. The number of carboxylic acid groups (broad SMARTS) is 1. The molecule has 51 heavy (non-hydrogen) atoms. The SMILES string of the molecule is CC(C)C1=C2[C@H]3CCC4[C@@]5(C)CC[C@H](OC(=O)CC(C)(C)C(=O)O)C(C)(C)C5CC[C@@]4(C)[C@]3(C)CC[C@@]2([C@H](O)CN2CCCN(C)CC2)CC1=O. The second-order valence-electron chi connectivity index (χ2n) is 20.5. The first-order chi connectivity index (χ1) is 23.6. The van der Waals surface area contributed by atoms with Crippen LogP contribution in [-0.4, -0.2) is 89.7 Å². The summed E-state index contributed by atoms with van der Waals surface area (Å²) in [6, 6.07) is 0. The second-order valence-corrected chi connectivity index (χ2v) is 20.5. The van der Waals surface area contributed by atoms with Gasteiger partial charge in [0.25, 0.3) is 0 Å². The van der Waals surface area contributed by atoms with Crippen LogP contribution in [-0.2, 0) is 19.1 Å². The van der Waals surface area contributed by atoms with E-state index >= 15 is 0 Å². The summed E-state index contributed by atoms with van der Waals surface area (Å²) in [4.78, 5) is 43.8. The number of ketones is 1. The summed E-state index contributed by atoms with van der Waals surface area (Å²) in [5.41, 5.74) is 0.741. The van der Waals surface area contributed by atoms with E-state index in [2.05, 4.69) is 65.3 Å². The van der Waals surface area contributed by atoms with Crippen molar-refractivity contribution in [2.75, 3.05) is 39.8 Å². The number of aliphatic carboxylic acids is 1. The lowest BCUT2D eigenvalue weighted by Crippen LogP contribution is -2.66. The standard InChI is InChI=1S/C43H70N2O6/c1-27(2)35-29(46)24-43(32(47)26-45-21-11-20-44(10)22-23-45)19-18-41(8)28(36(35)43)12-13-31-40(7)16-15-33(51-34(48)25-38(3,4)37(49)50)39(5,6)30(40)14-17-42(31,41)9/h27-28,30-33,47H,11-26H2,1-10H3,(H,49,50)/t28-,30?,31?,32-,33+,40+,41-,42-,43+/m1/s1. The summed E-state index contributed by atoms with van der Waals surface area (Å²) >= 11 is 0. The fourth-order valence-electron chi connectivity index (χ4n) is 13.6. The molecule has 0 aromatic rings. The summed E-state index contributed by atoms with van der Waals surface area (Å²) in [5, 5.41) is 22.0. The molecule has 1 saturated heterocycles. The summed E-state index contributed by atoms with van der Waals surface area (Å²) in [6.45, 7) is 24.5. The molecule has 5 fully saturated rings. The Morgan fingerprint density at radius 1 is 0.902 bits per heavy atom. The molecule has 0 radical (unpaired) electrons. The predicted octanol–water partition coefficient (Wildman–Crippen LogP) is 7.38. The molecule has 1 aliphatic heterocycles. The zero-order valence-electron chi connectivity index (χ0n) is 33.7. The molecule has 2 unspecified atom stereocenters. The largest absolute Gasteiger partial charge is 0.481 e. The summed E-state index contributed by atoms with van der Waals surface area (Å²) < 4.78 is 6.18. The van der Waals surface area contributed by atoms with Crippen molar-refractivity contribution in [3.05, 3.63) is 11.1 Å². The van der Waals surface area contributed by atoms with Gasteiger partial charge >= 0.3 is 11.9 Å². The minimum atomic E-state index is -1.16. The van der Waals surface area contributed by atoms with Gasteiger partial charge in [-0.2, -0.15) is 0 Å². The molecule has 0 aromatic heterocycles. The van der Waals surface area contributed by atoms with Crippen LogP contribution in [0.2, 0.25) is 0 Å². The van der Waals surface area contributed by atoms with Crippen molar-refractivity contribution < 1.29 is 29.3 Å². The number of esters is 1. The third-order valence-electron chi connectivity index (χ3n) is 16.7. The average molecular weight is 711 g/mol. The molecule has 8 nitrogen and oxygen atoms in total. The minimum Gasteiger partial charge on any atom is -0.481 e. The van der Waals surface area contributed by atoms with E-state index in [0.717, 1.165) is 89.5 Å². The van der Waals surface area contributed by atoms with E-state index in [-0.39, 0.29) is 45.9 Å². The first-order valence-electron chi connectivity index (χ1n) is 20.4. The number of carboxylic acids is 1. The van der Waals surface area contributed by atoms with Gasteiger partial charge in [-0.3, -0.25) is 19.3 Å². The number of fused-ring (bicyclic) bond motifs is 7. The quantitative estimate of drug-likeness (QED) is 0.252. The molecule has 6 rings (SSSR count). The number of allylic oxidation sites excluding steroid dienone is 1. The van der Waals surface area contributed by atoms with Gasteiger partial charge < -0.3 is 19.8 Å². The minimum absolute atomic E-state index is 0.0222. The van der Waals surface area contributed by atoms with E-state index in [1.807, 2.05) is 0 Å². The van der Waals surface area contributed by atoms with Crippen LogP contribution < -0.4 is 0 Å². The highest BCUT2D eigenvalue weighted by Gasteiger charge is 2.70. The molecule has 2 N–H and O–H groups in total. The van der Waals surface area contributed by atoms with E-state index in [1.165, 1.54) is 5.57 Å². The van der Waals surface area contributed by atoms with Gasteiger partial charge in [-0.25, -0.2) is 0 Å². The van der Waals surface area contributed by atoms with Crippen molar-refractivity contribution in [3.63, 3.8) is 0 Å². The number of aliphatic hydroxyl groups excluding tert-OH is 1. The highest BCUT2D eigenvalue weighted by Crippen LogP contribution is 2.77. The van der Waals surface area contributed by atoms with Crippen LogP contribution in [0, 0.1) is 56.2 Å². The first-order valence-corrected chi connectivity index (χ1v) is 20.4. The molecule has 8 heteroatoms. The Kier molecular flexibility index (Phi) is 10.1. The van der Waals surface area contributed by atoms with Crippen molar-refractivity contribution in [2.24, 2.45) is 56.2 Å². The Hall–Kier alpha value is -1.77. The number of Topliss-reactive ketones (excluding diaryl/α,β-unsaturated/α-hetero) is 1. The van der Waals surface area contributed by atoms with Crippen LogP contribution >= 0.6 is 0 Å². The maximum atomic E-state index is 14.1. The Morgan fingerprint density at radius 3 is 2.27 bits per heavy atom. The molecule has 6 aliphatic rings. The van der Waals surface area contributed by atoms with E-state index in [1.54, 1.807) is 13.8 Å². The fraction of sp³-hybridized carbons (Fsp3) is 0.884. The van der Waals surface area contributed by atoms with Crippen LogP contribution in [0.3, 0.4) is 0 Å². The van der Waals surface area contributed by atoms with Gasteiger partial charge in [0.15, 0.2) is 5.78 Å². The number of hydrogen-bond acceptors (Lipinski definition) is 7. The van der Waals surface area contributed by atoms with E-state index < -0.39 is 28.9 Å². The van der Waals surface area contributed by atoms with E-state index in [4.69, 9.17) is 4.74 Å². The average Bonchev–Trinajstić information content (AvgIpc) is 3.19. The molecular weight excluding hydrogens is 640 g/mol. The van der Waals surface area contributed by atoms with Crippen LogP contribution in [0.5, 0.6) is 0 Å². The fourth-order valence-corrected chi connectivity index (χ4v) is 13.6. The lowest BCUT2D eigenvalue weighted by Gasteiger charge is -2.72. The van der Waals surface area contributed by atoms with Crippen molar-refractivity contribution in [3.8, 4) is 0 Å². The third-order valence-corrected chi connectivity index (χ3v) is 16.7. The topological polar surface area (TPSA) is 107 Å². The molecular formula is C43H70N2O6. The van der Waals surface area contributed by atoms with E-state index in [9.17, 15) is 24.6 Å². The highest BCUT2D eigenvalue weighted by molar-refractivity contribution is 6.00. The molecule has 0 spiro atoms. The number of rotatable bonds is 8. The lowest BCUT2D eigenvalue weighted by molar-refractivity contribution is -0.235. The van der Waals surface area contributed by atoms with Crippen molar-refractivity contribution in [2.45, 2.75) is 145 Å². The predicted molar refractivity (Wildman–Crippen MR) is 200 cm³/mol. The van der Waals surface area contributed by atoms with Gasteiger partial charge in [0, 0.05) is 36.9 Å². The lowest BCUT2D eigenvalue weighted by atomic mass is 9.33. The van der Waals surface area contributed by atoms with Gasteiger partial charge in [-0.1, -0.05) is 54.0 Å². The molecule has 0 aromatic carbocycles. The van der Waals surface area contributed by atoms with Crippen molar-refractivity contribution in [1.82, 2.24) is 9.80 Å². The zero-order chi connectivity index (χ0) is 37.5. The first kappa shape index (κ1) is 38.9. The summed E-state index contributed by atoms with van der Waals surface area (Å²) in [5.74, 6) is 0.233. The van der Waals surface area contributed by atoms with Crippen LogP contribution in [0.25, 0.3) is 0 Å². The maximum absolute atomic E-state index is 14.1. The zero-order valence-corrected chi connectivity index (χ0v) is 33.7. The van der Waals surface area contributed by atoms with Gasteiger partial charge in [0.05, 0.1) is 17.9 Å². The number of aliphatic hydroxyl groups is 1. The molecule has 0 amide bonds. The molecule has 1 heterocycles. The van der Waals surface area contributed by atoms with Gasteiger partial charge in [-0.15, -0.1) is 0 Å². The Bertz CT molecular complexity index is 1430. The van der Waals surface area contributed by atoms with Gasteiger partial charge in [0.1, 0.15) is 6.10 Å². The molecule has 5 aliphatic carbocycles. The number of likely N-dealkylation sites (N-methyl/N-ethyl adjacent to an activating group) is 1. The van der Waals surface area contributed by atoms with E-state index in [0.29, 0.717) is 30.7 Å².